The van der Waals surface area contributed by atoms with Gasteiger partial charge in [0.2, 0.25) is 0 Å². The molecule has 154 valence electrons. The minimum Gasteiger partial charge on any atom is -0.462 e. The summed E-state index contributed by atoms with van der Waals surface area (Å²) in [7, 11) is 0. The van der Waals surface area contributed by atoms with Crippen LogP contribution < -0.4 is 11.2 Å². The van der Waals surface area contributed by atoms with E-state index in [4.69, 9.17) is 22.1 Å². The predicted molar refractivity (Wildman–Crippen MR) is 119 cm³/mol. The minimum absolute atomic E-state index is 0.0142. The van der Waals surface area contributed by atoms with Crippen molar-refractivity contribution in [3.8, 4) is 11.1 Å². The molecule has 0 fully saturated rings. The number of hydrogen-bond acceptors (Lipinski definition) is 8. The number of anilines is 2. The maximum atomic E-state index is 12.5. The van der Waals surface area contributed by atoms with Crippen molar-refractivity contribution in [2.24, 2.45) is 5.10 Å². The van der Waals surface area contributed by atoms with Gasteiger partial charge in [0.1, 0.15) is 10.6 Å². The molecule has 1 heterocycles. The van der Waals surface area contributed by atoms with E-state index in [1.54, 1.807) is 43.3 Å². The number of carbonyl (C=O) groups is 1. The van der Waals surface area contributed by atoms with Gasteiger partial charge in [-0.3, -0.25) is 15.5 Å². The minimum atomic E-state index is -0.515. The smallest absolute Gasteiger partial charge is 0.341 e. The van der Waals surface area contributed by atoms with Gasteiger partial charge in [-0.25, -0.2) is 4.79 Å². The van der Waals surface area contributed by atoms with Gasteiger partial charge in [-0.2, -0.15) is 5.10 Å². The highest BCUT2D eigenvalue weighted by molar-refractivity contribution is 7.18. The van der Waals surface area contributed by atoms with E-state index in [1.807, 2.05) is 0 Å². The molecule has 0 atom stereocenters. The number of halogens is 1. The molecular formula is C20H17ClN4O4S. The molecule has 0 aliphatic rings. The molecular weight excluding hydrogens is 428 g/mol. The number of hydrazone groups is 1. The molecule has 30 heavy (non-hydrogen) atoms. The van der Waals surface area contributed by atoms with Crippen LogP contribution in [-0.4, -0.2) is 23.7 Å². The zero-order chi connectivity index (χ0) is 21.7. The number of ether oxygens (including phenoxy) is 1. The number of nitrogen functional groups attached to an aromatic ring is 1. The Morgan fingerprint density at radius 3 is 2.53 bits per heavy atom. The maximum absolute atomic E-state index is 12.5. The second-order valence-corrected chi connectivity index (χ2v) is 7.50. The van der Waals surface area contributed by atoms with Gasteiger partial charge in [-0.15, -0.1) is 11.3 Å². The van der Waals surface area contributed by atoms with Crippen LogP contribution in [0.4, 0.5) is 16.4 Å². The number of nitrogens with zero attached hydrogens (tertiary/aromatic N) is 2. The van der Waals surface area contributed by atoms with E-state index >= 15 is 0 Å². The van der Waals surface area contributed by atoms with Crippen LogP contribution in [0.2, 0.25) is 5.02 Å². The summed E-state index contributed by atoms with van der Waals surface area (Å²) in [5.41, 5.74) is 11.1. The lowest BCUT2D eigenvalue weighted by Gasteiger charge is -2.07. The normalized spacial score (nSPS) is 10.9. The first-order valence-electron chi connectivity index (χ1n) is 8.79. The summed E-state index contributed by atoms with van der Waals surface area (Å²) in [6.45, 7) is 1.94. The van der Waals surface area contributed by atoms with Crippen molar-refractivity contribution in [3.63, 3.8) is 0 Å². The number of carbonyl (C=O) groups excluding carboxylic acids is 1. The molecule has 0 bridgehead atoms. The highest BCUT2D eigenvalue weighted by Crippen LogP contribution is 2.38. The highest BCUT2D eigenvalue weighted by atomic mass is 35.5. The van der Waals surface area contributed by atoms with Gasteiger partial charge >= 0.3 is 5.97 Å². The van der Waals surface area contributed by atoms with Gasteiger partial charge in [-0.1, -0.05) is 23.7 Å². The average molecular weight is 445 g/mol. The fourth-order valence-electron chi connectivity index (χ4n) is 2.69. The maximum Gasteiger partial charge on any atom is 0.341 e. The van der Waals surface area contributed by atoms with Crippen molar-refractivity contribution in [2.75, 3.05) is 17.8 Å². The van der Waals surface area contributed by atoms with Crippen LogP contribution in [0.15, 0.2) is 53.6 Å². The number of esters is 1. The van der Waals surface area contributed by atoms with Gasteiger partial charge in [-0.05, 0) is 36.8 Å². The number of rotatable bonds is 7. The third kappa shape index (κ3) is 4.76. The first-order chi connectivity index (χ1) is 14.4. The molecule has 0 aliphatic carbocycles. The second-order valence-electron chi connectivity index (χ2n) is 5.98. The van der Waals surface area contributed by atoms with E-state index in [2.05, 4.69) is 10.5 Å². The predicted octanol–water partition coefficient (Wildman–Crippen LogP) is 5.18. The Bertz CT molecular complexity index is 1100. The van der Waals surface area contributed by atoms with Crippen molar-refractivity contribution >= 4 is 51.5 Å². The summed E-state index contributed by atoms with van der Waals surface area (Å²) >= 11 is 7.19. The van der Waals surface area contributed by atoms with Crippen LogP contribution in [0, 0.1) is 10.1 Å². The Balaban J connectivity index is 1.94. The first kappa shape index (κ1) is 21.3. The number of hydrogen-bond donors (Lipinski definition) is 2. The van der Waals surface area contributed by atoms with Gasteiger partial charge in [0.15, 0.2) is 0 Å². The summed E-state index contributed by atoms with van der Waals surface area (Å²) < 4.78 is 5.16. The fraction of sp³-hybridized carbons (Fsp3) is 0.100. The SMILES string of the molecule is CCOC(=O)c1c(N)sc(C=NNc2ccc([N+](=O)[O-])cc2)c1-c1ccc(Cl)cc1. The van der Waals surface area contributed by atoms with Crippen LogP contribution in [0.3, 0.4) is 0 Å². The number of nitrogens with one attached hydrogen (secondary N) is 1. The Labute approximate surface area is 181 Å². The number of nitro groups is 1. The summed E-state index contributed by atoms with van der Waals surface area (Å²) in [5.74, 6) is -0.515. The zero-order valence-corrected chi connectivity index (χ0v) is 17.4. The van der Waals surface area contributed by atoms with Gasteiger partial charge in [0.25, 0.3) is 5.69 Å². The molecule has 3 N–H and O–H groups in total. The van der Waals surface area contributed by atoms with Crippen molar-refractivity contribution < 1.29 is 14.5 Å². The van der Waals surface area contributed by atoms with E-state index in [-0.39, 0.29) is 17.9 Å². The number of non-ortho nitro benzene ring substituents is 1. The largest absolute Gasteiger partial charge is 0.462 e. The van der Waals surface area contributed by atoms with Gasteiger partial charge in [0.05, 0.1) is 28.3 Å². The quantitative estimate of drug-likeness (QED) is 0.224. The topological polar surface area (TPSA) is 120 Å². The van der Waals surface area contributed by atoms with Crippen LogP contribution >= 0.6 is 22.9 Å². The third-order valence-electron chi connectivity index (χ3n) is 4.03. The standard InChI is InChI=1S/C20H17ClN4O4S/c1-2-29-20(26)18-17(12-3-5-13(21)6-4-12)16(30-19(18)22)11-23-24-14-7-9-15(10-8-14)25(27)28/h3-11,24H,2,22H2,1H3. The molecule has 8 nitrogen and oxygen atoms in total. The van der Waals surface area contributed by atoms with Crippen molar-refractivity contribution in [1.82, 2.24) is 0 Å². The van der Waals surface area contributed by atoms with Crippen LogP contribution in [0.5, 0.6) is 0 Å². The van der Waals surface area contributed by atoms with Crippen molar-refractivity contribution in [3.05, 3.63) is 74.1 Å². The Hall–Kier alpha value is -3.43. The van der Waals surface area contributed by atoms with Crippen molar-refractivity contribution in [2.45, 2.75) is 6.92 Å². The molecule has 1 aromatic heterocycles. The molecule has 0 saturated carbocycles. The van der Waals surface area contributed by atoms with E-state index in [1.165, 1.54) is 29.7 Å². The van der Waals surface area contributed by atoms with Crippen LogP contribution in [0.1, 0.15) is 22.2 Å². The Kier molecular flexibility index (Phi) is 6.65. The van der Waals surface area contributed by atoms with Gasteiger partial charge < -0.3 is 10.5 Å². The number of nitrogens with two attached hydrogens (primary N) is 1. The molecule has 3 rings (SSSR count). The number of nitro benzene ring substituents is 1. The molecule has 2 aromatic carbocycles. The molecule has 10 heteroatoms. The fourth-order valence-corrected chi connectivity index (χ4v) is 3.77. The zero-order valence-electron chi connectivity index (χ0n) is 15.8. The molecule has 0 amide bonds. The van der Waals surface area contributed by atoms with E-state index in [0.717, 1.165) is 5.56 Å². The lowest BCUT2D eigenvalue weighted by Crippen LogP contribution is -2.07. The van der Waals surface area contributed by atoms with Crippen LogP contribution in [-0.2, 0) is 4.74 Å². The molecule has 0 saturated heterocycles. The number of benzene rings is 2. The summed E-state index contributed by atoms with van der Waals surface area (Å²) in [6.07, 6.45) is 1.54. The highest BCUT2D eigenvalue weighted by Gasteiger charge is 2.24. The second kappa shape index (κ2) is 9.38. The van der Waals surface area contributed by atoms with Gasteiger partial charge in [0, 0.05) is 22.7 Å². The summed E-state index contributed by atoms with van der Waals surface area (Å²) in [6, 6.07) is 12.8. The lowest BCUT2D eigenvalue weighted by atomic mass is 10.0. The molecule has 3 aromatic rings. The summed E-state index contributed by atoms with van der Waals surface area (Å²) in [4.78, 5) is 23.4. The number of thiophene rings is 1. The Morgan fingerprint density at radius 1 is 1.27 bits per heavy atom. The molecule has 0 spiro atoms. The van der Waals surface area contributed by atoms with E-state index < -0.39 is 10.9 Å². The lowest BCUT2D eigenvalue weighted by molar-refractivity contribution is -0.384. The van der Waals surface area contributed by atoms with Crippen molar-refractivity contribution in [1.29, 1.82) is 0 Å². The first-order valence-corrected chi connectivity index (χ1v) is 9.99. The summed E-state index contributed by atoms with van der Waals surface area (Å²) in [5, 5.41) is 15.8. The monoisotopic (exact) mass is 444 g/mol. The molecule has 0 radical (unpaired) electrons. The van der Waals surface area contributed by atoms with E-state index in [0.29, 0.717) is 26.2 Å². The average Bonchev–Trinajstić information content (AvgIpc) is 3.05. The Morgan fingerprint density at radius 2 is 1.93 bits per heavy atom. The molecule has 0 aliphatic heterocycles. The molecule has 0 unspecified atom stereocenters. The van der Waals surface area contributed by atoms with Crippen LogP contribution in [0.25, 0.3) is 11.1 Å². The van der Waals surface area contributed by atoms with E-state index in [9.17, 15) is 14.9 Å². The third-order valence-corrected chi connectivity index (χ3v) is 5.23.